The third kappa shape index (κ3) is 4.30. The number of anilines is 1. The number of aliphatic hydroxyl groups is 1. The van der Waals surface area contributed by atoms with Crippen LogP contribution < -0.4 is 5.32 Å². The van der Waals surface area contributed by atoms with Crippen LogP contribution in [0, 0.1) is 0 Å². The van der Waals surface area contributed by atoms with E-state index < -0.39 is 12.0 Å². The fourth-order valence-electron chi connectivity index (χ4n) is 1.67. The molecule has 2 aromatic rings. The predicted molar refractivity (Wildman–Crippen MR) is 71.7 cm³/mol. The second kappa shape index (κ2) is 6.28. The van der Waals surface area contributed by atoms with Crippen molar-refractivity contribution in [1.29, 1.82) is 0 Å². The molecule has 2 rings (SSSR count). The van der Waals surface area contributed by atoms with Crippen LogP contribution in [0.5, 0.6) is 0 Å². The zero-order valence-corrected chi connectivity index (χ0v) is 11.4. The van der Waals surface area contributed by atoms with Crippen LogP contribution in [0.25, 0.3) is 0 Å². The standard InChI is InChI=1S/C13H11ClF3N3O/c14-10-5-11(20-12(19-10)13(15,16)17)18-6-8-2-1-3-9(4-8)7-21/h1-5,21H,6-7H2,(H,18,19,20). The van der Waals surface area contributed by atoms with Gasteiger partial charge in [-0.1, -0.05) is 35.9 Å². The minimum atomic E-state index is -4.65. The van der Waals surface area contributed by atoms with E-state index in [9.17, 15) is 13.2 Å². The minimum Gasteiger partial charge on any atom is -0.392 e. The van der Waals surface area contributed by atoms with Gasteiger partial charge in [-0.05, 0) is 11.1 Å². The molecule has 1 aromatic heterocycles. The molecule has 0 aliphatic heterocycles. The highest BCUT2D eigenvalue weighted by Gasteiger charge is 2.35. The molecule has 21 heavy (non-hydrogen) atoms. The Balaban J connectivity index is 2.14. The maximum Gasteiger partial charge on any atom is 0.451 e. The lowest BCUT2D eigenvalue weighted by Gasteiger charge is -2.10. The molecule has 1 heterocycles. The van der Waals surface area contributed by atoms with Crippen LogP contribution in [-0.2, 0) is 19.3 Å². The van der Waals surface area contributed by atoms with Crippen molar-refractivity contribution in [2.24, 2.45) is 0 Å². The number of halogens is 4. The predicted octanol–water partition coefficient (Wildman–Crippen LogP) is 3.25. The van der Waals surface area contributed by atoms with Crippen molar-refractivity contribution in [2.45, 2.75) is 19.3 Å². The van der Waals surface area contributed by atoms with Crippen molar-refractivity contribution in [3.8, 4) is 0 Å². The summed E-state index contributed by atoms with van der Waals surface area (Å²) in [5, 5.41) is 11.5. The smallest absolute Gasteiger partial charge is 0.392 e. The lowest BCUT2D eigenvalue weighted by atomic mass is 10.1. The van der Waals surface area contributed by atoms with Crippen molar-refractivity contribution in [3.05, 3.63) is 52.4 Å². The van der Waals surface area contributed by atoms with Gasteiger partial charge in [-0.15, -0.1) is 0 Å². The molecule has 0 saturated heterocycles. The summed E-state index contributed by atoms with van der Waals surface area (Å²) in [7, 11) is 0. The SMILES string of the molecule is OCc1cccc(CNc2cc(Cl)nc(C(F)(F)F)n2)c1. The van der Waals surface area contributed by atoms with E-state index in [2.05, 4.69) is 15.3 Å². The van der Waals surface area contributed by atoms with E-state index in [0.717, 1.165) is 5.56 Å². The van der Waals surface area contributed by atoms with Gasteiger partial charge in [0, 0.05) is 12.6 Å². The lowest BCUT2D eigenvalue weighted by molar-refractivity contribution is -0.144. The average Bonchev–Trinajstić information content (AvgIpc) is 2.44. The lowest BCUT2D eigenvalue weighted by Crippen LogP contribution is -2.13. The number of aromatic nitrogens is 2. The van der Waals surface area contributed by atoms with Gasteiger partial charge in [-0.3, -0.25) is 0 Å². The van der Waals surface area contributed by atoms with E-state index in [1.165, 1.54) is 6.07 Å². The number of nitrogens with zero attached hydrogens (tertiary/aromatic N) is 2. The van der Waals surface area contributed by atoms with E-state index in [4.69, 9.17) is 16.7 Å². The van der Waals surface area contributed by atoms with Crippen molar-refractivity contribution >= 4 is 17.4 Å². The van der Waals surface area contributed by atoms with Gasteiger partial charge >= 0.3 is 6.18 Å². The summed E-state index contributed by atoms with van der Waals surface area (Å²) in [5.41, 5.74) is 1.51. The second-order valence-electron chi connectivity index (χ2n) is 4.23. The number of rotatable bonds is 4. The molecule has 0 bridgehead atoms. The molecule has 1 aromatic carbocycles. The number of aliphatic hydroxyl groups excluding tert-OH is 1. The molecule has 0 saturated carbocycles. The fourth-order valence-corrected chi connectivity index (χ4v) is 1.85. The molecule has 0 spiro atoms. The summed E-state index contributed by atoms with van der Waals surface area (Å²) in [6.45, 7) is 0.143. The topological polar surface area (TPSA) is 58.0 Å². The van der Waals surface area contributed by atoms with E-state index in [1.807, 2.05) is 0 Å². The zero-order chi connectivity index (χ0) is 15.5. The van der Waals surface area contributed by atoms with Crippen molar-refractivity contribution < 1.29 is 18.3 Å². The third-order valence-electron chi connectivity index (χ3n) is 2.60. The molecule has 0 atom stereocenters. The van der Waals surface area contributed by atoms with E-state index in [-0.39, 0.29) is 24.1 Å². The molecule has 112 valence electrons. The summed E-state index contributed by atoms with van der Waals surface area (Å²) in [6, 6.07) is 8.22. The fraction of sp³-hybridized carbons (Fsp3) is 0.231. The second-order valence-corrected chi connectivity index (χ2v) is 4.62. The Morgan fingerprint density at radius 2 is 1.86 bits per heavy atom. The number of nitrogens with one attached hydrogen (secondary N) is 1. The highest BCUT2D eigenvalue weighted by Crippen LogP contribution is 2.28. The van der Waals surface area contributed by atoms with Crippen LogP contribution in [0.15, 0.2) is 30.3 Å². The van der Waals surface area contributed by atoms with Crippen molar-refractivity contribution in [3.63, 3.8) is 0 Å². The van der Waals surface area contributed by atoms with Gasteiger partial charge in [-0.2, -0.15) is 13.2 Å². The summed E-state index contributed by atoms with van der Waals surface area (Å²) < 4.78 is 37.7. The molecule has 0 amide bonds. The number of benzene rings is 1. The summed E-state index contributed by atoms with van der Waals surface area (Å²) in [5.74, 6) is -1.31. The molecule has 0 aliphatic rings. The first kappa shape index (κ1) is 15.5. The molecule has 0 aliphatic carbocycles. The maximum atomic E-state index is 12.6. The Labute approximate surface area is 123 Å². The molecule has 0 fully saturated rings. The summed E-state index contributed by atoms with van der Waals surface area (Å²) in [6.07, 6.45) is -4.65. The Bertz CT molecular complexity index is 634. The van der Waals surface area contributed by atoms with E-state index in [1.54, 1.807) is 24.3 Å². The van der Waals surface area contributed by atoms with Gasteiger partial charge in [0.2, 0.25) is 5.82 Å². The molecular weight excluding hydrogens is 307 g/mol. The van der Waals surface area contributed by atoms with Crippen LogP contribution in [0.1, 0.15) is 17.0 Å². The largest absolute Gasteiger partial charge is 0.451 e. The van der Waals surface area contributed by atoms with Gasteiger partial charge < -0.3 is 10.4 Å². The maximum absolute atomic E-state index is 12.6. The molecule has 4 nitrogen and oxygen atoms in total. The van der Waals surface area contributed by atoms with Crippen LogP contribution in [0.2, 0.25) is 5.15 Å². The van der Waals surface area contributed by atoms with E-state index >= 15 is 0 Å². The Morgan fingerprint density at radius 3 is 2.52 bits per heavy atom. The first-order chi connectivity index (χ1) is 9.88. The van der Waals surface area contributed by atoms with Gasteiger partial charge in [0.15, 0.2) is 0 Å². The highest BCUT2D eigenvalue weighted by molar-refractivity contribution is 6.29. The normalized spacial score (nSPS) is 11.5. The van der Waals surface area contributed by atoms with Crippen LogP contribution in [0.3, 0.4) is 0 Å². The molecule has 0 radical (unpaired) electrons. The third-order valence-corrected chi connectivity index (χ3v) is 2.79. The summed E-state index contributed by atoms with van der Waals surface area (Å²) in [4.78, 5) is 6.53. The van der Waals surface area contributed by atoms with Crippen LogP contribution >= 0.6 is 11.6 Å². The number of hydrogen-bond acceptors (Lipinski definition) is 4. The van der Waals surface area contributed by atoms with Gasteiger partial charge in [0.1, 0.15) is 11.0 Å². The first-order valence-corrected chi connectivity index (χ1v) is 6.30. The zero-order valence-electron chi connectivity index (χ0n) is 10.7. The van der Waals surface area contributed by atoms with Crippen molar-refractivity contribution in [1.82, 2.24) is 9.97 Å². The Kier molecular flexibility index (Phi) is 4.64. The van der Waals surface area contributed by atoms with Gasteiger partial charge in [0.05, 0.1) is 6.61 Å². The van der Waals surface area contributed by atoms with Gasteiger partial charge in [-0.25, -0.2) is 9.97 Å². The molecule has 0 unspecified atom stereocenters. The average molecular weight is 318 g/mol. The monoisotopic (exact) mass is 317 g/mol. The molecule has 2 N–H and O–H groups in total. The quantitative estimate of drug-likeness (QED) is 0.850. The first-order valence-electron chi connectivity index (χ1n) is 5.93. The van der Waals surface area contributed by atoms with Crippen molar-refractivity contribution in [2.75, 3.05) is 5.32 Å². The Hall–Kier alpha value is -1.86. The minimum absolute atomic E-state index is 0.0169. The van der Waals surface area contributed by atoms with Crippen LogP contribution in [-0.4, -0.2) is 15.1 Å². The van der Waals surface area contributed by atoms with Crippen LogP contribution in [0.4, 0.5) is 19.0 Å². The molecule has 8 heteroatoms. The van der Waals surface area contributed by atoms with E-state index in [0.29, 0.717) is 5.56 Å². The number of alkyl halides is 3. The highest BCUT2D eigenvalue weighted by atomic mass is 35.5. The Morgan fingerprint density at radius 1 is 1.14 bits per heavy atom. The molecular formula is C13H11ClF3N3O. The number of hydrogen-bond donors (Lipinski definition) is 2. The summed E-state index contributed by atoms with van der Waals surface area (Å²) >= 11 is 5.56. The van der Waals surface area contributed by atoms with Gasteiger partial charge in [0.25, 0.3) is 0 Å².